The highest BCUT2D eigenvalue weighted by atomic mass is 32.2. The molecule has 0 spiro atoms. The van der Waals surface area contributed by atoms with Crippen molar-refractivity contribution in [1.29, 1.82) is 0 Å². The third kappa shape index (κ3) is 3.25. The Morgan fingerprint density at radius 2 is 1.95 bits per heavy atom. The third-order valence-electron chi connectivity index (χ3n) is 3.80. The molecule has 6 nitrogen and oxygen atoms in total. The van der Waals surface area contributed by atoms with Crippen molar-refractivity contribution in [2.24, 2.45) is 0 Å². The van der Waals surface area contributed by atoms with Crippen LogP contribution >= 0.6 is 0 Å². The van der Waals surface area contributed by atoms with E-state index in [9.17, 15) is 18.3 Å². The zero-order valence-electron chi connectivity index (χ0n) is 11.8. The Kier molecular flexibility index (Phi) is 4.65. The second kappa shape index (κ2) is 6.13. The average Bonchev–Trinajstić information content (AvgIpc) is 2.95. The SMILES string of the molecule is COC(=O)c1ccccc1S(=O)(=O)NC1(CO)CCCC1. The van der Waals surface area contributed by atoms with Gasteiger partial charge in [-0.2, -0.15) is 0 Å². The van der Waals surface area contributed by atoms with E-state index in [1.54, 1.807) is 12.1 Å². The summed E-state index contributed by atoms with van der Waals surface area (Å²) in [5.74, 6) is -0.708. The Bertz CT molecular complexity index is 620. The molecule has 0 heterocycles. The molecule has 0 amide bonds. The number of rotatable bonds is 5. The molecule has 0 saturated heterocycles. The topological polar surface area (TPSA) is 92.7 Å². The number of aliphatic hydroxyl groups excluding tert-OH is 1. The normalized spacial score (nSPS) is 17.6. The molecule has 21 heavy (non-hydrogen) atoms. The smallest absolute Gasteiger partial charge is 0.339 e. The highest BCUT2D eigenvalue weighted by molar-refractivity contribution is 7.89. The van der Waals surface area contributed by atoms with Gasteiger partial charge < -0.3 is 9.84 Å². The Hall–Kier alpha value is -1.44. The van der Waals surface area contributed by atoms with Gasteiger partial charge in [0.05, 0.1) is 29.7 Å². The molecule has 0 bridgehead atoms. The molecule has 0 atom stereocenters. The fourth-order valence-electron chi connectivity index (χ4n) is 2.66. The number of hydrogen-bond donors (Lipinski definition) is 2. The number of carbonyl (C=O) groups excluding carboxylic acids is 1. The summed E-state index contributed by atoms with van der Waals surface area (Å²) in [4.78, 5) is 11.6. The first-order valence-corrected chi connectivity index (χ1v) is 8.25. The molecule has 116 valence electrons. The van der Waals surface area contributed by atoms with E-state index in [1.165, 1.54) is 19.2 Å². The lowest BCUT2D eigenvalue weighted by atomic mass is 10.0. The molecule has 1 aromatic rings. The molecule has 2 rings (SSSR count). The number of nitrogens with one attached hydrogen (secondary N) is 1. The molecule has 0 aromatic heterocycles. The lowest BCUT2D eigenvalue weighted by Crippen LogP contribution is -2.49. The Balaban J connectivity index is 2.38. The van der Waals surface area contributed by atoms with Gasteiger partial charge in [-0.15, -0.1) is 0 Å². The summed E-state index contributed by atoms with van der Waals surface area (Å²) in [6.45, 7) is -0.257. The van der Waals surface area contributed by atoms with Crippen LogP contribution in [0.4, 0.5) is 0 Å². The largest absolute Gasteiger partial charge is 0.465 e. The molecule has 2 N–H and O–H groups in total. The number of sulfonamides is 1. The van der Waals surface area contributed by atoms with Crippen LogP contribution in [0.2, 0.25) is 0 Å². The standard InChI is InChI=1S/C14H19NO5S/c1-20-13(17)11-6-2-3-7-12(11)21(18,19)15-14(10-16)8-4-5-9-14/h2-3,6-7,15-16H,4-5,8-10H2,1H3. The van der Waals surface area contributed by atoms with Gasteiger partial charge in [0.25, 0.3) is 0 Å². The molecule has 0 aliphatic heterocycles. The lowest BCUT2D eigenvalue weighted by Gasteiger charge is -2.27. The molecule has 0 radical (unpaired) electrons. The van der Waals surface area contributed by atoms with E-state index in [-0.39, 0.29) is 17.1 Å². The summed E-state index contributed by atoms with van der Waals surface area (Å²) in [7, 11) is -2.71. The highest BCUT2D eigenvalue weighted by Crippen LogP contribution is 2.31. The molecule has 1 fully saturated rings. The van der Waals surface area contributed by atoms with E-state index >= 15 is 0 Å². The molecule has 0 unspecified atom stereocenters. The van der Waals surface area contributed by atoms with Crippen molar-refractivity contribution in [1.82, 2.24) is 4.72 Å². The van der Waals surface area contributed by atoms with Gasteiger partial charge in [-0.25, -0.2) is 17.9 Å². The van der Waals surface area contributed by atoms with Gasteiger partial charge in [-0.1, -0.05) is 25.0 Å². The minimum atomic E-state index is -3.91. The summed E-state index contributed by atoms with van der Waals surface area (Å²) >= 11 is 0. The average molecular weight is 313 g/mol. The van der Waals surface area contributed by atoms with Crippen LogP contribution in [0.25, 0.3) is 0 Å². The maximum Gasteiger partial charge on any atom is 0.339 e. The highest BCUT2D eigenvalue weighted by Gasteiger charge is 2.38. The Labute approximate surface area is 124 Å². The number of hydrogen-bond acceptors (Lipinski definition) is 5. The van der Waals surface area contributed by atoms with E-state index in [1.807, 2.05) is 0 Å². The predicted molar refractivity (Wildman–Crippen MR) is 76.4 cm³/mol. The summed E-state index contributed by atoms with van der Waals surface area (Å²) in [5, 5.41) is 9.53. The van der Waals surface area contributed by atoms with Crippen LogP contribution < -0.4 is 4.72 Å². The van der Waals surface area contributed by atoms with Gasteiger partial charge >= 0.3 is 5.97 Å². The van der Waals surface area contributed by atoms with Crippen molar-refractivity contribution < 1.29 is 23.1 Å². The van der Waals surface area contributed by atoms with Crippen molar-refractivity contribution in [2.75, 3.05) is 13.7 Å². The predicted octanol–water partition coefficient (Wildman–Crippen LogP) is 1.06. The monoisotopic (exact) mass is 313 g/mol. The Morgan fingerprint density at radius 3 is 2.52 bits per heavy atom. The van der Waals surface area contributed by atoms with Crippen LogP contribution in [0.15, 0.2) is 29.2 Å². The molecule has 1 aliphatic carbocycles. The van der Waals surface area contributed by atoms with Crippen LogP contribution in [0.3, 0.4) is 0 Å². The quantitative estimate of drug-likeness (QED) is 0.793. The van der Waals surface area contributed by atoms with Crippen molar-refractivity contribution >= 4 is 16.0 Å². The van der Waals surface area contributed by atoms with Crippen LogP contribution in [0.5, 0.6) is 0 Å². The third-order valence-corrected chi connectivity index (χ3v) is 5.43. The first kappa shape index (κ1) is 15.9. The van der Waals surface area contributed by atoms with Gasteiger partial charge in [-0.3, -0.25) is 0 Å². The van der Waals surface area contributed by atoms with Crippen molar-refractivity contribution in [3.63, 3.8) is 0 Å². The summed E-state index contributed by atoms with van der Waals surface area (Å²) in [5.41, 5.74) is -0.846. The number of ether oxygens (including phenoxy) is 1. The lowest BCUT2D eigenvalue weighted by molar-refractivity contribution is 0.0596. The number of aliphatic hydroxyl groups is 1. The number of benzene rings is 1. The van der Waals surface area contributed by atoms with Gasteiger partial charge in [0.1, 0.15) is 0 Å². The summed E-state index contributed by atoms with van der Waals surface area (Å²) < 4.78 is 32.3. The first-order chi connectivity index (χ1) is 9.94. The molecular weight excluding hydrogens is 294 g/mol. The van der Waals surface area contributed by atoms with Gasteiger partial charge in [-0.05, 0) is 25.0 Å². The van der Waals surface area contributed by atoms with Crippen LogP contribution in [-0.2, 0) is 14.8 Å². The van der Waals surface area contributed by atoms with E-state index in [4.69, 9.17) is 0 Å². The van der Waals surface area contributed by atoms with E-state index in [0.717, 1.165) is 12.8 Å². The van der Waals surface area contributed by atoms with Crippen molar-refractivity contribution in [3.05, 3.63) is 29.8 Å². The van der Waals surface area contributed by atoms with Crippen LogP contribution in [0, 0.1) is 0 Å². The maximum atomic E-state index is 12.6. The van der Waals surface area contributed by atoms with E-state index in [0.29, 0.717) is 12.8 Å². The number of carbonyl (C=O) groups is 1. The van der Waals surface area contributed by atoms with Crippen molar-refractivity contribution in [3.8, 4) is 0 Å². The van der Waals surface area contributed by atoms with Gasteiger partial charge in [0.15, 0.2) is 0 Å². The second-order valence-corrected chi connectivity index (χ2v) is 6.89. The molecule has 1 aliphatic rings. The van der Waals surface area contributed by atoms with Crippen molar-refractivity contribution in [2.45, 2.75) is 36.1 Å². The summed E-state index contributed by atoms with van der Waals surface area (Å²) in [6.07, 6.45) is 2.90. The molecule has 1 aromatic carbocycles. The van der Waals surface area contributed by atoms with Gasteiger partial charge in [0.2, 0.25) is 10.0 Å². The van der Waals surface area contributed by atoms with Crippen LogP contribution in [-0.4, -0.2) is 38.7 Å². The number of esters is 1. The molecular formula is C14H19NO5S. The second-order valence-electron chi connectivity index (χ2n) is 5.24. The minimum absolute atomic E-state index is 0.0152. The first-order valence-electron chi connectivity index (χ1n) is 6.76. The molecule has 1 saturated carbocycles. The Morgan fingerprint density at radius 1 is 1.33 bits per heavy atom. The maximum absolute atomic E-state index is 12.6. The van der Waals surface area contributed by atoms with Gasteiger partial charge in [0, 0.05) is 0 Å². The van der Waals surface area contributed by atoms with E-state index < -0.39 is 21.5 Å². The summed E-state index contributed by atoms with van der Waals surface area (Å²) in [6, 6.07) is 5.87. The molecule has 7 heteroatoms. The van der Waals surface area contributed by atoms with E-state index in [2.05, 4.69) is 9.46 Å². The van der Waals surface area contributed by atoms with Crippen LogP contribution in [0.1, 0.15) is 36.0 Å². The fourth-order valence-corrected chi connectivity index (χ4v) is 4.31. The minimum Gasteiger partial charge on any atom is -0.465 e. The fraction of sp³-hybridized carbons (Fsp3) is 0.500. The zero-order chi connectivity index (χ0) is 15.5. The number of methoxy groups -OCH3 is 1. The zero-order valence-corrected chi connectivity index (χ0v) is 12.6.